The molecule has 0 saturated carbocycles. The van der Waals surface area contributed by atoms with Crippen LogP contribution in [0.25, 0.3) is 0 Å². The molecule has 0 aliphatic rings. The van der Waals surface area contributed by atoms with Crippen LogP contribution in [-0.2, 0) is 6.61 Å². The zero-order chi connectivity index (χ0) is 13.0. The molecule has 0 bridgehead atoms. The highest BCUT2D eigenvalue weighted by Crippen LogP contribution is 2.29. The Balaban J connectivity index is 2.14. The largest absolute Gasteiger partial charge is 0.493 e. The minimum atomic E-state index is -0.998. The van der Waals surface area contributed by atoms with Gasteiger partial charge < -0.3 is 14.6 Å². The lowest BCUT2D eigenvalue weighted by atomic mass is 10.2. The number of carbonyl (C=O) groups is 1. The van der Waals surface area contributed by atoms with Crippen molar-refractivity contribution in [2.75, 3.05) is 7.11 Å². The molecule has 0 aliphatic carbocycles. The van der Waals surface area contributed by atoms with Crippen molar-refractivity contribution in [3.63, 3.8) is 0 Å². The number of ether oxygens (including phenoxy) is 2. The molecular formula is C12H11NO4S. The van der Waals surface area contributed by atoms with E-state index in [-0.39, 0.29) is 5.56 Å². The van der Waals surface area contributed by atoms with E-state index in [2.05, 4.69) is 4.98 Å². The lowest BCUT2D eigenvalue weighted by Crippen LogP contribution is -2.00. The molecule has 6 heteroatoms. The van der Waals surface area contributed by atoms with Gasteiger partial charge in [-0.25, -0.2) is 4.79 Å². The van der Waals surface area contributed by atoms with E-state index < -0.39 is 5.97 Å². The molecule has 1 heterocycles. The van der Waals surface area contributed by atoms with E-state index in [0.717, 1.165) is 4.88 Å². The van der Waals surface area contributed by atoms with Crippen molar-refractivity contribution < 1.29 is 19.4 Å². The van der Waals surface area contributed by atoms with E-state index in [1.807, 2.05) is 0 Å². The molecule has 1 aromatic carbocycles. The first-order valence-corrected chi connectivity index (χ1v) is 6.00. The lowest BCUT2D eigenvalue weighted by molar-refractivity contribution is 0.0696. The standard InChI is InChI=1S/C12H11NO4S/c1-16-11-4-8(12(14)15)2-3-10(11)17-6-9-5-13-7-18-9/h2-5,7H,6H2,1H3,(H,14,15). The summed E-state index contributed by atoms with van der Waals surface area (Å²) in [6, 6.07) is 4.50. The lowest BCUT2D eigenvalue weighted by Gasteiger charge is -2.10. The highest BCUT2D eigenvalue weighted by molar-refractivity contribution is 7.09. The molecule has 94 valence electrons. The summed E-state index contributed by atoms with van der Waals surface area (Å²) in [5, 5.41) is 8.87. The van der Waals surface area contributed by atoms with Crippen molar-refractivity contribution in [1.29, 1.82) is 0 Å². The number of thiazole rings is 1. The van der Waals surface area contributed by atoms with Crippen LogP contribution >= 0.6 is 11.3 Å². The molecular weight excluding hydrogens is 254 g/mol. The normalized spacial score (nSPS) is 10.1. The Bertz CT molecular complexity index is 539. The number of carboxylic acid groups (broad SMARTS) is 1. The molecule has 0 unspecified atom stereocenters. The van der Waals surface area contributed by atoms with Gasteiger partial charge in [0, 0.05) is 6.20 Å². The molecule has 0 radical (unpaired) electrons. The number of rotatable bonds is 5. The van der Waals surface area contributed by atoms with Crippen LogP contribution in [-0.4, -0.2) is 23.2 Å². The van der Waals surface area contributed by atoms with Gasteiger partial charge in [-0.05, 0) is 18.2 Å². The summed E-state index contributed by atoms with van der Waals surface area (Å²) in [5.74, 6) is -0.0855. The predicted octanol–water partition coefficient (Wildman–Crippen LogP) is 2.43. The van der Waals surface area contributed by atoms with Gasteiger partial charge in [0.15, 0.2) is 11.5 Å². The molecule has 2 rings (SSSR count). The van der Waals surface area contributed by atoms with E-state index >= 15 is 0 Å². The summed E-state index contributed by atoms with van der Waals surface area (Å²) in [7, 11) is 1.47. The van der Waals surface area contributed by atoms with Gasteiger partial charge in [-0.3, -0.25) is 4.98 Å². The van der Waals surface area contributed by atoms with Crippen molar-refractivity contribution in [3.8, 4) is 11.5 Å². The van der Waals surface area contributed by atoms with Crippen LogP contribution in [0.15, 0.2) is 29.9 Å². The van der Waals surface area contributed by atoms with Crippen LogP contribution in [0.4, 0.5) is 0 Å². The summed E-state index contributed by atoms with van der Waals surface area (Å²) in [5.41, 5.74) is 1.89. The number of methoxy groups -OCH3 is 1. The van der Waals surface area contributed by atoms with E-state index in [9.17, 15) is 4.79 Å². The van der Waals surface area contributed by atoms with Crippen LogP contribution in [0.5, 0.6) is 11.5 Å². The molecule has 0 atom stereocenters. The summed E-state index contributed by atoms with van der Waals surface area (Å²) in [6.45, 7) is 0.382. The van der Waals surface area contributed by atoms with Crippen LogP contribution < -0.4 is 9.47 Å². The van der Waals surface area contributed by atoms with Crippen molar-refractivity contribution in [2.45, 2.75) is 6.61 Å². The predicted molar refractivity (Wildman–Crippen MR) is 66.4 cm³/mol. The maximum absolute atomic E-state index is 10.8. The highest BCUT2D eigenvalue weighted by atomic mass is 32.1. The zero-order valence-electron chi connectivity index (χ0n) is 9.62. The van der Waals surface area contributed by atoms with Crippen LogP contribution in [0.3, 0.4) is 0 Å². The van der Waals surface area contributed by atoms with Crippen LogP contribution in [0.2, 0.25) is 0 Å². The van der Waals surface area contributed by atoms with E-state index in [4.69, 9.17) is 14.6 Å². The molecule has 0 aliphatic heterocycles. The fourth-order valence-corrected chi connectivity index (χ4v) is 1.89. The highest BCUT2D eigenvalue weighted by Gasteiger charge is 2.10. The van der Waals surface area contributed by atoms with Gasteiger partial charge in [0.1, 0.15) is 6.61 Å². The van der Waals surface area contributed by atoms with Crippen molar-refractivity contribution >= 4 is 17.3 Å². The first-order valence-electron chi connectivity index (χ1n) is 5.12. The van der Waals surface area contributed by atoms with Crippen LogP contribution in [0.1, 0.15) is 15.2 Å². The zero-order valence-corrected chi connectivity index (χ0v) is 10.4. The average Bonchev–Trinajstić information content (AvgIpc) is 2.89. The molecule has 0 amide bonds. The molecule has 18 heavy (non-hydrogen) atoms. The Morgan fingerprint density at radius 2 is 2.28 bits per heavy atom. The topological polar surface area (TPSA) is 68.7 Å². The SMILES string of the molecule is COc1cc(C(=O)O)ccc1OCc1cncs1. The second-order valence-corrected chi connectivity index (χ2v) is 4.40. The Morgan fingerprint density at radius 3 is 2.89 bits per heavy atom. The maximum Gasteiger partial charge on any atom is 0.335 e. The number of nitrogens with zero attached hydrogens (tertiary/aromatic N) is 1. The Hall–Kier alpha value is -2.08. The Morgan fingerprint density at radius 1 is 1.44 bits per heavy atom. The number of hydrogen-bond donors (Lipinski definition) is 1. The summed E-state index contributed by atoms with van der Waals surface area (Å²) in [6.07, 6.45) is 1.72. The number of benzene rings is 1. The van der Waals surface area contributed by atoms with Gasteiger partial charge in [0.25, 0.3) is 0 Å². The first-order chi connectivity index (χ1) is 8.70. The van der Waals surface area contributed by atoms with Crippen LogP contribution in [0, 0.1) is 0 Å². The van der Waals surface area contributed by atoms with Gasteiger partial charge in [-0.15, -0.1) is 11.3 Å². The Kier molecular flexibility index (Phi) is 3.78. The number of carboxylic acids is 1. The first kappa shape index (κ1) is 12.4. The Labute approximate surface area is 108 Å². The van der Waals surface area contributed by atoms with Gasteiger partial charge in [-0.1, -0.05) is 0 Å². The van der Waals surface area contributed by atoms with Gasteiger partial charge in [-0.2, -0.15) is 0 Å². The summed E-state index contributed by atoms with van der Waals surface area (Å²) < 4.78 is 10.7. The quantitative estimate of drug-likeness (QED) is 0.899. The third kappa shape index (κ3) is 2.78. The minimum Gasteiger partial charge on any atom is -0.493 e. The molecule has 0 fully saturated rings. The van der Waals surface area contributed by atoms with Gasteiger partial charge >= 0.3 is 5.97 Å². The molecule has 0 saturated heterocycles. The smallest absolute Gasteiger partial charge is 0.335 e. The van der Waals surface area contributed by atoms with E-state index in [1.54, 1.807) is 17.8 Å². The number of aromatic nitrogens is 1. The minimum absolute atomic E-state index is 0.164. The van der Waals surface area contributed by atoms with E-state index in [1.165, 1.54) is 30.6 Å². The van der Waals surface area contributed by atoms with E-state index in [0.29, 0.717) is 18.1 Å². The molecule has 5 nitrogen and oxygen atoms in total. The van der Waals surface area contributed by atoms with Crippen molar-refractivity contribution in [2.24, 2.45) is 0 Å². The molecule has 1 N–H and O–H groups in total. The summed E-state index contributed by atoms with van der Waals surface area (Å²) in [4.78, 5) is 15.8. The second kappa shape index (κ2) is 5.50. The fraction of sp³-hybridized carbons (Fsp3) is 0.167. The number of aromatic carboxylic acids is 1. The fourth-order valence-electron chi connectivity index (χ4n) is 1.38. The second-order valence-electron chi connectivity index (χ2n) is 3.43. The average molecular weight is 265 g/mol. The summed E-state index contributed by atoms with van der Waals surface area (Å²) >= 11 is 1.49. The van der Waals surface area contributed by atoms with Crippen molar-refractivity contribution in [1.82, 2.24) is 4.98 Å². The molecule has 0 spiro atoms. The monoisotopic (exact) mass is 265 g/mol. The van der Waals surface area contributed by atoms with Gasteiger partial charge in [0.2, 0.25) is 0 Å². The molecule has 2 aromatic rings. The third-order valence-electron chi connectivity index (χ3n) is 2.26. The third-order valence-corrected chi connectivity index (χ3v) is 3.02. The van der Waals surface area contributed by atoms with Gasteiger partial charge in [0.05, 0.1) is 23.1 Å². The number of hydrogen-bond acceptors (Lipinski definition) is 5. The van der Waals surface area contributed by atoms with Crippen molar-refractivity contribution in [3.05, 3.63) is 40.3 Å². The molecule has 1 aromatic heterocycles. The maximum atomic E-state index is 10.8.